The molecule has 0 spiro atoms. The highest BCUT2D eigenvalue weighted by molar-refractivity contribution is 6.16. The van der Waals surface area contributed by atoms with E-state index < -0.39 is 0 Å². The second kappa shape index (κ2) is 14.1. The van der Waals surface area contributed by atoms with E-state index in [1.54, 1.807) is 0 Å². The Hall–Kier alpha value is -9.33. The lowest BCUT2D eigenvalue weighted by molar-refractivity contribution is 0.668. The molecule has 0 aliphatic carbocycles. The van der Waals surface area contributed by atoms with Crippen LogP contribution in [-0.4, -0.2) is 18.7 Å². The Kier molecular flexibility index (Phi) is 7.65. The number of aromatic nitrogens is 4. The van der Waals surface area contributed by atoms with Crippen molar-refractivity contribution in [2.24, 2.45) is 4.99 Å². The molecule has 0 bridgehead atoms. The summed E-state index contributed by atoms with van der Waals surface area (Å²) in [5.74, 6) is 0. The van der Waals surface area contributed by atoms with E-state index in [-0.39, 0.29) is 0 Å². The number of fused-ring (bicyclic) bond motifs is 13. The van der Waals surface area contributed by atoms with Crippen LogP contribution in [0.25, 0.3) is 127 Å². The van der Waals surface area contributed by atoms with Crippen molar-refractivity contribution < 1.29 is 8.83 Å². The Morgan fingerprint density at radius 1 is 0.338 bits per heavy atom. The lowest BCUT2D eigenvalue weighted by Gasteiger charge is -2.11. The molecule has 10 aromatic carbocycles. The zero-order chi connectivity index (χ0) is 44.5. The number of aromatic amines is 1. The molecule has 0 saturated carbocycles. The summed E-state index contributed by atoms with van der Waals surface area (Å²) in [6.07, 6.45) is 0. The Bertz CT molecular complexity index is 4580. The van der Waals surface area contributed by atoms with Crippen molar-refractivity contribution >= 4 is 104 Å². The smallest absolute Gasteiger partial charge is 0.213 e. The predicted molar refractivity (Wildman–Crippen MR) is 278 cm³/mol. The molecule has 5 heterocycles. The summed E-state index contributed by atoms with van der Waals surface area (Å²) in [4.78, 5) is 8.69. The van der Waals surface area contributed by atoms with E-state index in [2.05, 4.69) is 195 Å². The molecule has 0 saturated heterocycles. The van der Waals surface area contributed by atoms with Crippen molar-refractivity contribution in [1.82, 2.24) is 18.7 Å². The van der Waals surface area contributed by atoms with Crippen LogP contribution in [0, 0.1) is 0 Å². The molecule has 1 N–H and O–H groups in total. The first-order chi connectivity index (χ1) is 33.7. The van der Waals surface area contributed by atoms with Gasteiger partial charge in [-0.25, -0.2) is 4.99 Å². The lowest BCUT2D eigenvalue weighted by Crippen LogP contribution is -2.16. The van der Waals surface area contributed by atoms with Gasteiger partial charge in [0, 0.05) is 38.0 Å². The second-order valence-electron chi connectivity index (χ2n) is 17.6. The highest BCUT2D eigenvalue weighted by Crippen LogP contribution is 2.43. The first-order valence-electron chi connectivity index (χ1n) is 22.9. The minimum absolute atomic E-state index is 0.732. The molecule has 318 valence electrons. The van der Waals surface area contributed by atoms with Gasteiger partial charge in [-0.3, -0.25) is 4.57 Å². The molecule has 0 aliphatic heterocycles. The maximum Gasteiger partial charge on any atom is 0.213 e. The fourth-order valence-electron chi connectivity index (χ4n) is 10.9. The lowest BCUT2D eigenvalue weighted by atomic mass is 10.00. The van der Waals surface area contributed by atoms with E-state index in [1.165, 1.54) is 32.6 Å². The fourth-order valence-corrected chi connectivity index (χ4v) is 10.9. The molecule has 68 heavy (non-hydrogen) atoms. The van der Waals surface area contributed by atoms with Crippen LogP contribution in [0.3, 0.4) is 0 Å². The maximum absolute atomic E-state index is 6.67. The number of furan rings is 2. The molecule has 7 heteroatoms. The third-order valence-corrected chi connectivity index (χ3v) is 13.9. The van der Waals surface area contributed by atoms with Crippen LogP contribution in [0.4, 0.5) is 5.69 Å². The van der Waals surface area contributed by atoms with Gasteiger partial charge in [-0.05, 0) is 120 Å². The zero-order valence-corrected chi connectivity index (χ0v) is 36.4. The quantitative estimate of drug-likeness (QED) is 0.187. The standard InChI is InChI=1S/C61H37N5O2/c1-2-14-39(15-3-1)62-61-63-47-19-7-11-23-52(47)66(61)54-25-13-27-58-60(54)46-35-38(29-33-56(46)68-58)37-28-32-55-45(34-37)59-53(24-12-26-57(59)67-55)65-50-22-10-6-18-43(50)44-36-40(30-31-51(44)65)64-48-20-8-4-16-41(48)42-17-5-9-21-49(42)64/h1-36H,(H,62,63). The largest absolute Gasteiger partial charge is 0.456 e. The predicted octanol–water partition coefficient (Wildman–Crippen LogP) is 15.9. The average Bonchev–Trinajstić information content (AvgIpc) is 4.20. The zero-order valence-electron chi connectivity index (χ0n) is 36.4. The highest BCUT2D eigenvalue weighted by atomic mass is 16.3. The Labute approximate surface area is 387 Å². The summed E-state index contributed by atoms with van der Waals surface area (Å²) < 4.78 is 20.3. The molecule has 15 rings (SSSR count). The van der Waals surface area contributed by atoms with E-state index in [0.29, 0.717) is 0 Å². The van der Waals surface area contributed by atoms with Gasteiger partial charge in [0.1, 0.15) is 22.3 Å². The molecule has 0 amide bonds. The fraction of sp³-hybridized carbons (Fsp3) is 0. The minimum atomic E-state index is 0.732. The van der Waals surface area contributed by atoms with Crippen LogP contribution in [0.2, 0.25) is 0 Å². The number of rotatable bonds is 5. The number of hydrogen-bond donors (Lipinski definition) is 1. The van der Waals surface area contributed by atoms with Gasteiger partial charge in [-0.1, -0.05) is 109 Å². The van der Waals surface area contributed by atoms with Gasteiger partial charge in [-0.15, -0.1) is 0 Å². The highest BCUT2D eigenvalue weighted by Gasteiger charge is 2.21. The van der Waals surface area contributed by atoms with Crippen LogP contribution < -0.4 is 5.62 Å². The molecule has 0 radical (unpaired) electrons. The molecule has 0 atom stereocenters. The van der Waals surface area contributed by atoms with Gasteiger partial charge in [0.25, 0.3) is 0 Å². The average molecular weight is 872 g/mol. The number of H-pyrrole nitrogens is 1. The van der Waals surface area contributed by atoms with Crippen LogP contribution in [0.5, 0.6) is 0 Å². The van der Waals surface area contributed by atoms with Crippen LogP contribution >= 0.6 is 0 Å². The van der Waals surface area contributed by atoms with Gasteiger partial charge in [0.2, 0.25) is 5.62 Å². The molecule has 0 aliphatic rings. The third kappa shape index (κ3) is 5.32. The van der Waals surface area contributed by atoms with Crippen molar-refractivity contribution in [2.75, 3.05) is 0 Å². The number of para-hydroxylation sites is 6. The summed E-state index contributed by atoms with van der Waals surface area (Å²) in [5, 5.41) is 9.06. The number of nitrogens with zero attached hydrogens (tertiary/aromatic N) is 4. The molecule has 15 aromatic rings. The summed E-state index contributed by atoms with van der Waals surface area (Å²) in [6, 6.07) is 77.2. The van der Waals surface area contributed by atoms with Crippen molar-refractivity contribution in [3.63, 3.8) is 0 Å². The molecule has 7 nitrogen and oxygen atoms in total. The van der Waals surface area contributed by atoms with Crippen LogP contribution in [-0.2, 0) is 0 Å². The van der Waals surface area contributed by atoms with E-state index in [4.69, 9.17) is 13.8 Å². The van der Waals surface area contributed by atoms with E-state index in [1.807, 2.05) is 42.5 Å². The van der Waals surface area contributed by atoms with Crippen molar-refractivity contribution in [3.8, 4) is 28.2 Å². The SMILES string of the molecule is c1ccc(/N=c2\[nH]c3ccccc3n2-c2cccc3oc4ccc(-c5ccc6oc7cccc(-n8c9ccccc9c9cc(-n%10c%11ccccc%11c%11ccccc%11%10)ccc98)c7c6c5)cc4c23)cc1. The second-order valence-corrected chi connectivity index (χ2v) is 17.6. The summed E-state index contributed by atoms with van der Waals surface area (Å²) >= 11 is 0. The number of hydrogen-bond acceptors (Lipinski definition) is 3. The first-order valence-corrected chi connectivity index (χ1v) is 22.9. The minimum Gasteiger partial charge on any atom is -0.456 e. The monoisotopic (exact) mass is 871 g/mol. The third-order valence-electron chi connectivity index (χ3n) is 13.9. The van der Waals surface area contributed by atoms with Crippen LogP contribution in [0.15, 0.2) is 232 Å². The topological polar surface area (TPSA) is 69.2 Å². The Balaban J connectivity index is 0.911. The molecule has 5 aromatic heterocycles. The summed E-state index contributed by atoms with van der Waals surface area (Å²) in [6.45, 7) is 0. The number of nitrogens with one attached hydrogen (secondary N) is 1. The number of imidazole rings is 1. The summed E-state index contributed by atoms with van der Waals surface area (Å²) in [5.41, 5.74) is 17.0. The Morgan fingerprint density at radius 2 is 0.853 bits per heavy atom. The molecular formula is C61H37N5O2. The molecule has 0 fully saturated rings. The van der Waals surface area contributed by atoms with Crippen molar-refractivity contribution in [3.05, 3.63) is 224 Å². The van der Waals surface area contributed by atoms with Crippen molar-refractivity contribution in [2.45, 2.75) is 0 Å². The van der Waals surface area contributed by atoms with E-state index in [9.17, 15) is 0 Å². The summed E-state index contributed by atoms with van der Waals surface area (Å²) in [7, 11) is 0. The van der Waals surface area contributed by atoms with E-state index >= 15 is 0 Å². The number of benzene rings is 10. The molecule has 0 unspecified atom stereocenters. The van der Waals surface area contributed by atoms with Crippen LogP contribution in [0.1, 0.15) is 0 Å². The first kappa shape index (κ1) is 36.9. The van der Waals surface area contributed by atoms with Gasteiger partial charge in [0.05, 0.1) is 60.9 Å². The van der Waals surface area contributed by atoms with Crippen molar-refractivity contribution in [1.29, 1.82) is 0 Å². The van der Waals surface area contributed by atoms with Gasteiger partial charge in [0.15, 0.2) is 0 Å². The maximum atomic E-state index is 6.67. The Morgan fingerprint density at radius 3 is 1.49 bits per heavy atom. The van der Waals surface area contributed by atoms with Gasteiger partial charge in [-0.2, -0.15) is 0 Å². The van der Waals surface area contributed by atoms with E-state index in [0.717, 1.165) is 105 Å². The van der Waals surface area contributed by atoms with Gasteiger partial charge >= 0.3 is 0 Å². The normalized spacial score (nSPS) is 12.5. The molecular weight excluding hydrogens is 835 g/mol. The van der Waals surface area contributed by atoms with Gasteiger partial charge < -0.3 is 23.0 Å².